The third kappa shape index (κ3) is 0.849. The molecule has 1 heterocycles. The first kappa shape index (κ1) is 12.2. The van der Waals surface area contributed by atoms with Crippen LogP contribution in [0.3, 0.4) is 0 Å². The summed E-state index contributed by atoms with van der Waals surface area (Å²) in [5.41, 5.74) is 0.778. The molecule has 21 heavy (non-hydrogen) atoms. The van der Waals surface area contributed by atoms with Crippen LogP contribution in [0.15, 0.2) is 23.3 Å². The minimum atomic E-state index is -0.821. The lowest BCUT2D eigenvalue weighted by atomic mass is 9.53. The highest BCUT2D eigenvalue weighted by Crippen LogP contribution is 2.82. The Morgan fingerprint density at radius 3 is 2.00 bits per heavy atom. The van der Waals surface area contributed by atoms with Gasteiger partial charge in [0.2, 0.25) is 0 Å². The number of aliphatic hydroxyl groups excluding tert-OH is 1. The van der Waals surface area contributed by atoms with Crippen molar-refractivity contribution >= 4 is 11.9 Å². The monoisotopic (exact) mass is 286 g/mol. The van der Waals surface area contributed by atoms with E-state index in [1.54, 1.807) is 0 Å². The molecule has 6 unspecified atom stereocenters. The quantitative estimate of drug-likeness (QED) is 0.417. The normalized spacial score (nSPS) is 55.2. The van der Waals surface area contributed by atoms with Crippen molar-refractivity contribution in [2.24, 2.45) is 34.5 Å². The molecule has 4 aliphatic carbocycles. The molecule has 4 heteroatoms. The molecule has 1 saturated heterocycles. The second kappa shape index (κ2) is 3.17. The number of carbonyl (C=O) groups is 2. The zero-order chi connectivity index (χ0) is 14.7. The molecule has 0 aromatic heterocycles. The van der Waals surface area contributed by atoms with Gasteiger partial charge in [0.25, 0.3) is 0 Å². The van der Waals surface area contributed by atoms with Crippen molar-refractivity contribution in [1.29, 1.82) is 0 Å². The number of hydrogen-bond donors (Lipinski definition) is 1. The first-order valence-corrected chi connectivity index (χ1v) is 7.79. The van der Waals surface area contributed by atoms with E-state index in [0.717, 1.165) is 12.8 Å². The first-order chi connectivity index (χ1) is 9.98. The molecule has 0 radical (unpaired) electrons. The topological polar surface area (TPSA) is 63.6 Å². The fourth-order valence-corrected chi connectivity index (χ4v) is 6.75. The van der Waals surface area contributed by atoms with Gasteiger partial charge in [-0.15, -0.1) is 0 Å². The van der Waals surface area contributed by atoms with Crippen molar-refractivity contribution in [3.63, 3.8) is 0 Å². The lowest BCUT2D eigenvalue weighted by Gasteiger charge is -2.43. The number of aliphatic hydroxyl groups is 1. The predicted molar refractivity (Wildman–Crippen MR) is 72.7 cm³/mol. The number of fused-ring (bicyclic) bond motifs is 4. The maximum atomic E-state index is 12.7. The van der Waals surface area contributed by atoms with E-state index in [1.165, 1.54) is 11.1 Å². The van der Waals surface area contributed by atoms with Crippen molar-refractivity contribution in [3.8, 4) is 0 Å². The number of ether oxygens (including phenoxy) is 1. The standard InChI is InChI=1S/C17H18O4/c1-7(2)12-8-3-4-9(12)17-11-6-5-10(13(11)18)16(8,17)14(19)21-15(17)20/h3-4,8-11,13,18H,5-6H2,1-2H3. The van der Waals surface area contributed by atoms with Crippen LogP contribution in [0.1, 0.15) is 26.7 Å². The number of hydrogen-bond acceptors (Lipinski definition) is 4. The first-order valence-electron chi connectivity index (χ1n) is 7.79. The second-order valence-electron chi connectivity index (χ2n) is 7.49. The molecule has 4 bridgehead atoms. The number of cyclic esters (lactones) is 2. The molecular formula is C17H18O4. The summed E-state index contributed by atoms with van der Waals surface area (Å²) in [6.07, 6.45) is 5.27. The fourth-order valence-electron chi connectivity index (χ4n) is 6.75. The minimum absolute atomic E-state index is 0.0589. The van der Waals surface area contributed by atoms with E-state index in [-0.39, 0.29) is 35.6 Å². The Kier molecular flexibility index (Phi) is 1.83. The van der Waals surface area contributed by atoms with Crippen LogP contribution in [0.5, 0.6) is 0 Å². The average molecular weight is 286 g/mol. The average Bonchev–Trinajstić information content (AvgIpc) is 3.16. The Balaban J connectivity index is 1.90. The SMILES string of the molecule is CC(C)=C1C2C=CC1C13C(=O)OC(=O)C21C1CCC3C1O. The van der Waals surface area contributed by atoms with Gasteiger partial charge in [0, 0.05) is 23.7 Å². The molecule has 0 aromatic rings. The lowest BCUT2D eigenvalue weighted by Crippen LogP contribution is -2.51. The van der Waals surface area contributed by atoms with E-state index >= 15 is 0 Å². The van der Waals surface area contributed by atoms with Crippen molar-refractivity contribution in [3.05, 3.63) is 23.3 Å². The molecule has 0 amide bonds. The van der Waals surface area contributed by atoms with Gasteiger partial charge in [-0.2, -0.15) is 0 Å². The molecule has 0 spiro atoms. The third-order valence-corrected chi connectivity index (χ3v) is 7.05. The highest BCUT2D eigenvalue weighted by molar-refractivity contribution is 6.06. The number of rotatable bonds is 0. The maximum absolute atomic E-state index is 12.7. The molecule has 110 valence electrons. The zero-order valence-electron chi connectivity index (χ0n) is 12.1. The molecule has 0 aromatic carbocycles. The molecule has 3 saturated carbocycles. The van der Waals surface area contributed by atoms with E-state index in [4.69, 9.17) is 4.74 Å². The summed E-state index contributed by atoms with van der Waals surface area (Å²) in [6, 6.07) is 0. The molecule has 6 atom stereocenters. The van der Waals surface area contributed by atoms with Crippen LogP contribution in [0.2, 0.25) is 0 Å². The second-order valence-corrected chi connectivity index (χ2v) is 7.49. The van der Waals surface area contributed by atoms with Crippen LogP contribution in [0, 0.1) is 34.5 Å². The molecule has 4 nitrogen and oxygen atoms in total. The van der Waals surface area contributed by atoms with Crippen molar-refractivity contribution in [2.45, 2.75) is 32.8 Å². The van der Waals surface area contributed by atoms with Crippen LogP contribution in [-0.2, 0) is 14.3 Å². The van der Waals surface area contributed by atoms with E-state index in [1.807, 2.05) is 0 Å². The van der Waals surface area contributed by atoms with Crippen LogP contribution in [0.25, 0.3) is 0 Å². The highest BCUT2D eigenvalue weighted by Gasteiger charge is 2.90. The number of carbonyl (C=O) groups excluding carboxylic acids is 2. The molecule has 4 fully saturated rings. The van der Waals surface area contributed by atoms with Crippen LogP contribution < -0.4 is 0 Å². The van der Waals surface area contributed by atoms with Crippen LogP contribution >= 0.6 is 0 Å². The Labute approximate surface area is 122 Å². The van der Waals surface area contributed by atoms with Crippen LogP contribution in [0.4, 0.5) is 0 Å². The molecule has 1 N–H and O–H groups in total. The van der Waals surface area contributed by atoms with Gasteiger partial charge < -0.3 is 9.84 Å². The van der Waals surface area contributed by atoms with E-state index in [0.29, 0.717) is 0 Å². The Hall–Kier alpha value is -1.42. The van der Waals surface area contributed by atoms with E-state index < -0.39 is 16.9 Å². The predicted octanol–water partition coefficient (Wildman–Crippen LogP) is 1.60. The molecular weight excluding hydrogens is 268 g/mol. The fraction of sp³-hybridized carbons (Fsp3) is 0.647. The Bertz CT molecular complexity index is 622. The summed E-state index contributed by atoms with van der Waals surface area (Å²) >= 11 is 0. The zero-order valence-corrected chi connectivity index (χ0v) is 12.1. The maximum Gasteiger partial charge on any atom is 0.322 e. The van der Waals surface area contributed by atoms with Gasteiger partial charge in [0.05, 0.1) is 6.10 Å². The van der Waals surface area contributed by atoms with E-state index in [2.05, 4.69) is 26.0 Å². The van der Waals surface area contributed by atoms with Crippen molar-refractivity contribution in [1.82, 2.24) is 0 Å². The van der Waals surface area contributed by atoms with Crippen molar-refractivity contribution < 1.29 is 19.4 Å². The summed E-state index contributed by atoms with van der Waals surface area (Å²) in [6.45, 7) is 4.11. The smallest absolute Gasteiger partial charge is 0.322 e. The van der Waals surface area contributed by atoms with Gasteiger partial charge in [-0.3, -0.25) is 9.59 Å². The number of allylic oxidation sites excluding steroid dienone is 4. The van der Waals surface area contributed by atoms with Crippen LogP contribution in [-0.4, -0.2) is 23.1 Å². The van der Waals surface area contributed by atoms with Gasteiger partial charge in [-0.1, -0.05) is 23.3 Å². The lowest BCUT2D eigenvalue weighted by molar-refractivity contribution is -0.159. The van der Waals surface area contributed by atoms with Crippen molar-refractivity contribution in [2.75, 3.05) is 0 Å². The Morgan fingerprint density at radius 1 is 1.10 bits per heavy atom. The summed E-state index contributed by atoms with van der Waals surface area (Å²) in [5, 5.41) is 10.6. The summed E-state index contributed by atoms with van der Waals surface area (Å²) < 4.78 is 5.16. The van der Waals surface area contributed by atoms with Gasteiger partial charge in [0.15, 0.2) is 0 Å². The van der Waals surface area contributed by atoms with E-state index in [9.17, 15) is 14.7 Å². The third-order valence-electron chi connectivity index (χ3n) is 7.05. The summed E-state index contributed by atoms with van der Waals surface area (Å²) in [5.74, 6) is -1.14. The highest BCUT2D eigenvalue weighted by atomic mass is 16.6. The molecule has 5 aliphatic rings. The van der Waals surface area contributed by atoms with Gasteiger partial charge in [-0.05, 0) is 26.7 Å². The molecule has 5 rings (SSSR count). The molecule has 1 aliphatic heterocycles. The van der Waals surface area contributed by atoms with Gasteiger partial charge in [0.1, 0.15) is 10.8 Å². The van der Waals surface area contributed by atoms with Gasteiger partial charge >= 0.3 is 11.9 Å². The Morgan fingerprint density at radius 2 is 1.57 bits per heavy atom. The largest absolute Gasteiger partial charge is 0.392 e. The minimum Gasteiger partial charge on any atom is -0.392 e. The van der Waals surface area contributed by atoms with Gasteiger partial charge in [-0.25, -0.2) is 0 Å². The summed E-state index contributed by atoms with van der Waals surface area (Å²) in [4.78, 5) is 25.5. The summed E-state index contributed by atoms with van der Waals surface area (Å²) in [7, 11) is 0. The number of esters is 2.